The number of pyridine rings is 1. The number of rotatable bonds is 3. The molecule has 0 saturated carbocycles. The second-order valence-corrected chi connectivity index (χ2v) is 5.46. The Bertz CT molecular complexity index is 401. The maximum atomic E-state index is 11.7. The van der Waals surface area contributed by atoms with E-state index in [2.05, 4.69) is 10.3 Å². The van der Waals surface area contributed by atoms with E-state index in [1.54, 1.807) is 18.2 Å². The Labute approximate surface area is 107 Å². The SMILES string of the molecule is CC(C)(C)C(N)CC(=O)Nc1cccc(Cl)n1. The number of amides is 1. The first kappa shape index (κ1) is 13.9. The molecule has 0 fully saturated rings. The number of hydrogen-bond acceptors (Lipinski definition) is 3. The average molecular weight is 256 g/mol. The van der Waals surface area contributed by atoms with E-state index in [0.29, 0.717) is 11.0 Å². The van der Waals surface area contributed by atoms with Gasteiger partial charge in [-0.15, -0.1) is 0 Å². The molecule has 3 N–H and O–H groups in total. The van der Waals surface area contributed by atoms with Crippen molar-refractivity contribution in [3.8, 4) is 0 Å². The summed E-state index contributed by atoms with van der Waals surface area (Å²) in [6.07, 6.45) is 0.262. The van der Waals surface area contributed by atoms with Gasteiger partial charge < -0.3 is 11.1 Å². The highest BCUT2D eigenvalue weighted by Crippen LogP contribution is 2.20. The first-order valence-electron chi connectivity index (χ1n) is 5.47. The molecule has 1 atom stereocenters. The van der Waals surface area contributed by atoms with Crippen LogP contribution in [-0.2, 0) is 4.79 Å². The Balaban J connectivity index is 2.56. The lowest BCUT2D eigenvalue weighted by Gasteiger charge is -2.26. The molecule has 1 aromatic rings. The Morgan fingerprint density at radius 2 is 2.18 bits per heavy atom. The van der Waals surface area contributed by atoms with Gasteiger partial charge in [-0.2, -0.15) is 0 Å². The van der Waals surface area contributed by atoms with Crippen LogP contribution in [0.4, 0.5) is 5.82 Å². The Morgan fingerprint density at radius 3 is 2.71 bits per heavy atom. The molecular weight excluding hydrogens is 238 g/mol. The van der Waals surface area contributed by atoms with E-state index in [1.807, 2.05) is 20.8 Å². The number of hydrogen-bond donors (Lipinski definition) is 2. The summed E-state index contributed by atoms with van der Waals surface area (Å²) >= 11 is 5.72. The van der Waals surface area contributed by atoms with Crippen LogP contribution in [0.25, 0.3) is 0 Å². The van der Waals surface area contributed by atoms with Crippen LogP contribution in [0.5, 0.6) is 0 Å². The van der Waals surface area contributed by atoms with Crippen LogP contribution in [0, 0.1) is 5.41 Å². The molecule has 1 aromatic heterocycles. The van der Waals surface area contributed by atoms with Crippen LogP contribution in [0.15, 0.2) is 18.2 Å². The third-order valence-electron chi connectivity index (χ3n) is 2.50. The molecule has 17 heavy (non-hydrogen) atoms. The molecule has 94 valence electrons. The molecule has 0 spiro atoms. The van der Waals surface area contributed by atoms with E-state index in [4.69, 9.17) is 17.3 Å². The number of halogens is 1. The summed E-state index contributed by atoms with van der Waals surface area (Å²) in [7, 11) is 0. The number of carbonyl (C=O) groups excluding carboxylic acids is 1. The van der Waals surface area contributed by atoms with Gasteiger partial charge >= 0.3 is 0 Å². The predicted octanol–water partition coefficient (Wildman–Crippen LogP) is 2.44. The molecule has 0 saturated heterocycles. The number of carbonyl (C=O) groups is 1. The van der Waals surface area contributed by atoms with Crippen molar-refractivity contribution in [2.24, 2.45) is 11.1 Å². The summed E-state index contributed by atoms with van der Waals surface area (Å²) in [5, 5.41) is 3.02. The summed E-state index contributed by atoms with van der Waals surface area (Å²) in [4.78, 5) is 15.7. The molecule has 1 heterocycles. The standard InChI is InChI=1S/C12H18ClN3O/c1-12(2,3)8(14)7-11(17)16-10-6-4-5-9(13)15-10/h4-6,8H,7,14H2,1-3H3,(H,15,16,17). The van der Waals surface area contributed by atoms with Gasteiger partial charge in [0.2, 0.25) is 5.91 Å². The molecule has 0 aliphatic carbocycles. The summed E-state index contributed by atoms with van der Waals surface area (Å²) in [6, 6.07) is 4.88. The largest absolute Gasteiger partial charge is 0.327 e. The highest BCUT2D eigenvalue weighted by Gasteiger charge is 2.23. The van der Waals surface area contributed by atoms with Crippen molar-refractivity contribution in [2.45, 2.75) is 33.2 Å². The Morgan fingerprint density at radius 1 is 1.53 bits per heavy atom. The number of nitrogens with one attached hydrogen (secondary N) is 1. The number of nitrogens with two attached hydrogens (primary N) is 1. The number of nitrogens with zero attached hydrogens (tertiary/aromatic N) is 1. The van der Waals surface area contributed by atoms with Gasteiger partial charge in [0, 0.05) is 12.5 Å². The molecule has 0 aliphatic rings. The lowest BCUT2D eigenvalue weighted by Crippen LogP contribution is -2.38. The van der Waals surface area contributed by atoms with Gasteiger partial charge in [0.1, 0.15) is 11.0 Å². The van der Waals surface area contributed by atoms with Gasteiger partial charge in [0.25, 0.3) is 0 Å². The van der Waals surface area contributed by atoms with Crippen molar-refractivity contribution in [1.29, 1.82) is 0 Å². The lowest BCUT2D eigenvalue weighted by atomic mass is 9.85. The predicted molar refractivity (Wildman–Crippen MR) is 69.9 cm³/mol. The quantitative estimate of drug-likeness (QED) is 0.815. The molecule has 0 aromatic carbocycles. The fourth-order valence-corrected chi connectivity index (χ4v) is 1.34. The Kier molecular flexibility index (Phi) is 4.48. The zero-order valence-electron chi connectivity index (χ0n) is 10.3. The molecule has 1 unspecified atom stereocenters. The van der Waals surface area contributed by atoms with E-state index in [0.717, 1.165) is 0 Å². The number of anilines is 1. The van der Waals surface area contributed by atoms with Crippen molar-refractivity contribution in [2.75, 3.05) is 5.32 Å². The number of aromatic nitrogens is 1. The van der Waals surface area contributed by atoms with E-state index < -0.39 is 0 Å². The maximum Gasteiger partial charge on any atom is 0.227 e. The van der Waals surface area contributed by atoms with Crippen LogP contribution in [-0.4, -0.2) is 16.9 Å². The van der Waals surface area contributed by atoms with Gasteiger partial charge in [0.15, 0.2) is 0 Å². The van der Waals surface area contributed by atoms with Gasteiger partial charge in [-0.05, 0) is 17.5 Å². The van der Waals surface area contributed by atoms with Crippen LogP contribution in [0.1, 0.15) is 27.2 Å². The third-order valence-corrected chi connectivity index (χ3v) is 2.71. The molecule has 0 bridgehead atoms. The zero-order chi connectivity index (χ0) is 13.1. The second kappa shape index (κ2) is 5.47. The summed E-state index contributed by atoms with van der Waals surface area (Å²) < 4.78 is 0. The van der Waals surface area contributed by atoms with Crippen molar-refractivity contribution in [3.63, 3.8) is 0 Å². The van der Waals surface area contributed by atoms with E-state index >= 15 is 0 Å². The maximum absolute atomic E-state index is 11.7. The summed E-state index contributed by atoms with van der Waals surface area (Å²) in [5.74, 6) is 0.297. The lowest BCUT2D eigenvalue weighted by molar-refractivity contribution is -0.117. The minimum absolute atomic E-state index is 0.0981. The average Bonchev–Trinajstić information content (AvgIpc) is 2.15. The van der Waals surface area contributed by atoms with Gasteiger partial charge in [-0.3, -0.25) is 4.79 Å². The first-order chi connectivity index (χ1) is 7.79. The van der Waals surface area contributed by atoms with Gasteiger partial charge in [-0.25, -0.2) is 4.98 Å². The molecule has 4 nitrogen and oxygen atoms in total. The molecule has 1 rings (SSSR count). The molecule has 5 heteroatoms. The highest BCUT2D eigenvalue weighted by atomic mass is 35.5. The van der Waals surface area contributed by atoms with Crippen LogP contribution < -0.4 is 11.1 Å². The first-order valence-corrected chi connectivity index (χ1v) is 5.85. The Hall–Kier alpha value is -1.13. The smallest absolute Gasteiger partial charge is 0.227 e. The van der Waals surface area contributed by atoms with E-state index in [1.165, 1.54) is 0 Å². The minimum atomic E-state index is -0.193. The summed E-state index contributed by atoms with van der Waals surface area (Å²) in [5.41, 5.74) is 5.83. The van der Waals surface area contributed by atoms with Crippen molar-refractivity contribution in [1.82, 2.24) is 4.98 Å². The van der Waals surface area contributed by atoms with Crippen molar-refractivity contribution < 1.29 is 4.79 Å². The third kappa shape index (κ3) is 4.71. The van der Waals surface area contributed by atoms with Crippen molar-refractivity contribution in [3.05, 3.63) is 23.4 Å². The van der Waals surface area contributed by atoms with Gasteiger partial charge in [0.05, 0.1) is 0 Å². The van der Waals surface area contributed by atoms with E-state index in [-0.39, 0.29) is 23.8 Å². The molecule has 0 radical (unpaired) electrons. The minimum Gasteiger partial charge on any atom is -0.327 e. The topological polar surface area (TPSA) is 68.0 Å². The van der Waals surface area contributed by atoms with E-state index in [9.17, 15) is 4.79 Å². The second-order valence-electron chi connectivity index (χ2n) is 5.07. The summed E-state index contributed by atoms with van der Waals surface area (Å²) in [6.45, 7) is 6.01. The molecule has 1 amide bonds. The van der Waals surface area contributed by atoms with Crippen LogP contribution >= 0.6 is 11.6 Å². The fraction of sp³-hybridized carbons (Fsp3) is 0.500. The van der Waals surface area contributed by atoms with Crippen molar-refractivity contribution >= 4 is 23.3 Å². The monoisotopic (exact) mass is 255 g/mol. The van der Waals surface area contributed by atoms with Crippen LogP contribution in [0.2, 0.25) is 5.15 Å². The highest BCUT2D eigenvalue weighted by molar-refractivity contribution is 6.29. The molecular formula is C12H18ClN3O. The zero-order valence-corrected chi connectivity index (χ0v) is 11.1. The normalized spacial score (nSPS) is 13.2. The fourth-order valence-electron chi connectivity index (χ4n) is 1.18. The molecule has 0 aliphatic heterocycles. The van der Waals surface area contributed by atoms with Crippen LogP contribution in [0.3, 0.4) is 0 Å². The van der Waals surface area contributed by atoms with Gasteiger partial charge in [-0.1, -0.05) is 38.4 Å².